The lowest BCUT2D eigenvalue weighted by Gasteiger charge is -2.28. The quantitative estimate of drug-likeness (QED) is 0.341. The fourth-order valence-corrected chi connectivity index (χ4v) is 5.38. The van der Waals surface area contributed by atoms with Gasteiger partial charge in [-0.25, -0.2) is 0 Å². The monoisotopic (exact) mass is 450 g/mol. The van der Waals surface area contributed by atoms with Gasteiger partial charge in [-0.3, -0.25) is 0 Å². The molecule has 1 saturated carbocycles. The van der Waals surface area contributed by atoms with Gasteiger partial charge in [0.25, 0.3) is 0 Å². The molecule has 1 aliphatic rings. The van der Waals surface area contributed by atoms with Crippen LogP contribution in [-0.4, -0.2) is 18.3 Å². The van der Waals surface area contributed by atoms with Gasteiger partial charge in [0.2, 0.25) is 0 Å². The molecule has 1 aliphatic carbocycles. The number of hydrogen-bond donors (Lipinski definition) is 1. The van der Waals surface area contributed by atoms with Gasteiger partial charge in [0.15, 0.2) is 0 Å². The highest BCUT2D eigenvalue weighted by atomic mass is 16.5. The van der Waals surface area contributed by atoms with Gasteiger partial charge in [0.1, 0.15) is 18.1 Å². The highest BCUT2D eigenvalue weighted by molar-refractivity contribution is 5.45. The molecule has 0 bridgehead atoms. The smallest absolute Gasteiger partial charge is 0.123 e. The van der Waals surface area contributed by atoms with Crippen molar-refractivity contribution in [2.75, 3.05) is 7.11 Å². The molecule has 4 atom stereocenters. The topological polar surface area (TPSA) is 38.7 Å². The average molecular weight is 451 g/mol. The minimum atomic E-state index is -0.473. The number of rotatable bonds is 7. The van der Waals surface area contributed by atoms with Crippen LogP contribution in [0.5, 0.6) is 11.5 Å². The molecule has 0 radical (unpaired) electrons. The van der Waals surface area contributed by atoms with Gasteiger partial charge < -0.3 is 14.6 Å². The predicted octanol–water partition coefficient (Wildman–Crippen LogP) is 6.69. The van der Waals surface area contributed by atoms with Gasteiger partial charge in [-0.2, -0.15) is 0 Å². The van der Waals surface area contributed by atoms with Crippen LogP contribution in [0.4, 0.5) is 0 Å². The first-order chi connectivity index (χ1) is 16.7. The third kappa shape index (κ3) is 4.57. The highest BCUT2D eigenvalue weighted by Gasteiger charge is 2.45. The molecule has 5 rings (SSSR count). The molecule has 4 aromatic rings. The van der Waals surface area contributed by atoms with E-state index < -0.39 is 6.10 Å². The number of ether oxygens (including phenoxy) is 2. The van der Waals surface area contributed by atoms with E-state index >= 15 is 0 Å². The van der Waals surface area contributed by atoms with Crippen LogP contribution in [0.3, 0.4) is 0 Å². The van der Waals surface area contributed by atoms with E-state index in [2.05, 4.69) is 54.6 Å². The van der Waals surface area contributed by atoms with Crippen molar-refractivity contribution < 1.29 is 14.6 Å². The molecule has 0 spiro atoms. The Morgan fingerprint density at radius 3 is 2.06 bits per heavy atom. The van der Waals surface area contributed by atoms with Crippen LogP contribution < -0.4 is 9.47 Å². The standard InChI is InChI=1S/C31H30O3/c1-33-25-18-16-24(17-19-25)30-27(23-12-6-3-7-13-23)20-28(32)31(30)26-14-8-9-15-29(26)34-21-22-10-4-2-5-11-22/h2-19,27-28,30-32H,20-21H2,1H3/t27-,28+,30?,31?/m0/s1. The van der Waals surface area contributed by atoms with Crippen molar-refractivity contribution in [1.82, 2.24) is 0 Å². The highest BCUT2D eigenvalue weighted by Crippen LogP contribution is 2.55. The van der Waals surface area contributed by atoms with E-state index in [0.29, 0.717) is 13.0 Å². The lowest BCUT2D eigenvalue weighted by Crippen LogP contribution is -2.18. The molecule has 0 heterocycles. The molecule has 3 heteroatoms. The molecule has 34 heavy (non-hydrogen) atoms. The summed E-state index contributed by atoms with van der Waals surface area (Å²) in [6.45, 7) is 0.496. The van der Waals surface area contributed by atoms with E-state index in [9.17, 15) is 5.11 Å². The molecule has 0 aliphatic heterocycles. The third-order valence-electron chi connectivity index (χ3n) is 6.97. The van der Waals surface area contributed by atoms with Crippen LogP contribution in [0, 0.1) is 0 Å². The van der Waals surface area contributed by atoms with Crippen LogP contribution >= 0.6 is 0 Å². The summed E-state index contributed by atoms with van der Waals surface area (Å²) in [6.07, 6.45) is 0.233. The first kappa shape index (κ1) is 22.2. The van der Waals surface area contributed by atoms with Gasteiger partial charge in [-0.1, -0.05) is 91.0 Å². The fourth-order valence-electron chi connectivity index (χ4n) is 5.38. The maximum absolute atomic E-state index is 11.4. The number of methoxy groups -OCH3 is 1. The Balaban J connectivity index is 1.53. The Hall–Kier alpha value is -3.56. The summed E-state index contributed by atoms with van der Waals surface area (Å²) in [4.78, 5) is 0. The normalized spacial score (nSPS) is 21.8. The maximum Gasteiger partial charge on any atom is 0.123 e. The zero-order valence-corrected chi connectivity index (χ0v) is 19.4. The van der Waals surface area contributed by atoms with Gasteiger partial charge >= 0.3 is 0 Å². The lowest BCUT2D eigenvalue weighted by molar-refractivity contribution is 0.157. The average Bonchev–Trinajstić information content (AvgIpc) is 3.25. The molecule has 1 N–H and O–H groups in total. The Labute approximate surface area is 201 Å². The van der Waals surface area contributed by atoms with Crippen molar-refractivity contribution >= 4 is 0 Å². The van der Waals surface area contributed by atoms with Gasteiger partial charge in [0, 0.05) is 17.4 Å². The minimum Gasteiger partial charge on any atom is -0.497 e. The van der Waals surface area contributed by atoms with Crippen molar-refractivity contribution in [3.63, 3.8) is 0 Å². The van der Waals surface area contributed by atoms with E-state index in [1.54, 1.807) is 7.11 Å². The molecule has 1 fully saturated rings. The summed E-state index contributed by atoms with van der Waals surface area (Å²) in [5, 5.41) is 11.4. The summed E-state index contributed by atoms with van der Waals surface area (Å²) in [5.74, 6) is 1.91. The molecular formula is C31H30O3. The van der Waals surface area contributed by atoms with Crippen molar-refractivity contribution in [3.8, 4) is 11.5 Å². The van der Waals surface area contributed by atoms with Gasteiger partial charge in [0.05, 0.1) is 13.2 Å². The van der Waals surface area contributed by atoms with Crippen LogP contribution in [0.15, 0.2) is 109 Å². The Kier molecular flexibility index (Phi) is 6.64. The summed E-state index contributed by atoms with van der Waals surface area (Å²) in [6, 6.07) is 37.2. The van der Waals surface area contributed by atoms with Gasteiger partial charge in [-0.05, 0) is 47.2 Å². The van der Waals surface area contributed by atoms with E-state index in [0.717, 1.165) is 22.6 Å². The second-order valence-electron chi connectivity index (χ2n) is 8.96. The van der Waals surface area contributed by atoms with E-state index in [4.69, 9.17) is 9.47 Å². The Bertz CT molecular complexity index is 1190. The number of para-hydroxylation sites is 1. The van der Waals surface area contributed by atoms with Crippen LogP contribution in [0.25, 0.3) is 0 Å². The zero-order valence-electron chi connectivity index (χ0n) is 19.4. The molecular weight excluding hydrogens is 420 g/mol. The molecule has 172 valence electrons. The molecule has 3 nitrogen and oxygen atoms in total. The second kappa shape index (κ2) is 10.1. The Morgan fingerprint density at radius 1 is 0.706 bits per heavy atom. The molecule has 0 aromatic heterocycles. The van der Waals surface area contributed by atoms with E-state index in [-0.39, 0.29) is 17.8 Å². The first-order valence-electron chi connectivity index (χ1n) is 11.9. The van der Waals surface area contributed by atoms with Gasteiger partial charge in [-0.15, -0.1) is 0 Å². The second-order valence-corrected chi connectivity index (χ2v) is 8.96. The van der Waals surface area contributed by atoms with Crippen LogP contribution in [0.2, 0.25) is 0 Å². The predicted molar refractivity (Wildman–Crippen MR) is 135 cm³/mol. The van der Waals surface area contributed by atoms with Crippen molar-refractivity contribution in [2.24, 2.45) is 0 Å². The van der Waals surface area contributed by atoms with Crippen molar-refractivity contribution in [1.29, 1.82) is 0 Å². The molecule has 2 unspecified atom stereocenters. The zero-order chi connectivity index (χ0) is 23.3. The molecule has 4 aromatic carbocycles. The number of benzene rings is 4. The van der Waals surface area contributed by atoms with Crippen molar-refractivity contribution in [2.45, 2.75) is 36.9 Å². The van der Waals surface area contributed by atoms with Crippen molar-refractivity contribution in [3.05, 3.63) is 131 Å². The molecule has 0 amide bonds. The Morgan fingerprint density at radius 2 is 1.35 bits per heavy atom. The number of hydrogen-bond acceptors (Lipinski definition) is 3. The van der Waals surface area contributed by atoms with E-state index in [1.165, 1.54) is 11.1 Å². The first-order valence-corrected chi connectivity index (χ1v) is 11.9. The third-order valence-corrected chi connectivity index (χ3v) is 6.97. The minimum absolute atomic E-state index is 0.0782. The SMILES string of the molecule is COc1ccc(C2C(c3ccccc3OCc3ccccc3)[C@H](O)C[C@H]2c2ccccc2)cc1. The number of aliphatic hydroxyl groups is 1. The summed E-state index contributed by atoms with van der Waals surface area (Å²) < 4.78 is 11.7. The lowest BCUT2D eigenvalue weighted by atomic mass is 9.77. The summed E-state index contributed by atoms with van der Waals surface area (Å²) >= 11 is 0. The fraction of sp³-hybridized carbons (Fsp3) is 0.226. The summed E-state index contributed by atoms with van der Waals surface area (Å²) in [7, 11) is 1.68. The molecule has 0 saturated heterocycles. The van der Waals surface area contributed by atoms with E-state index in [1.807, 2.05) is 54.6 Å². The maximum atomic E-state index is 11.4. The number of aliphatic hydroxyl groups excluding tert-OH is 1. The van der Waals surface area contributed by atoms with Crippen LogP contribution in [0.1, 0.15) is 46.4 Å². The largest absolute Gasteiger partial charge is 0.497 e. The summed E-state index contributed by atoms with van der Waals surface area (Å²) in [5.41, 5.74) is 4.64. The van der Waals surface area contributed by atoms with Crippen LogP contribution in [-0.2, 0) is 6.61 Å².